The third kappa shape index (κ3) is 6.58. The van der Waals surface area contributed by atoms with E-state index in [0.717, 1.165) is 36.3 Å². The minimum absolute atomic E-state index is 0.195. The van der Waals surface area contributed by atoms with Crippen LogP contribution in [0.3, 0.4) is 0 Å². The van der Waals surface area contributed by atoms with Crippen molar-refractivity contribution < 1.29 is 9.53 Å². The summed E-state index contributed by atoms with van der Waals surface area (Å²) in [4.78, 5) is 23.9. The Bertz CT molecular complexity index is 1270. The van der Waals surface area contributed by atoms with Crippen LogP contribution in [0.4, 0.5) is 17.2 Å². The van der Waals surface area contributed by atoms with Crippen molar-refractivity contribution >= 4 is 34.0 Å². The maximum atomic E-state index is 12.7. The van der Waals surface area contributed by atoms with Gasteiger partial charge in [0.1, 0.15) is 17.9 Å². The van der Waals surface area contributed by atoms with Gasteiger partial charge in [0.2, 0.25) is 5.91 Å². The zero-order valence-electron chi connectivity index (χ0n) is 20.3. The Morgan fingerprint density at radius 1 is 1.17 bits per heavy atom. The molecule has 1 amide bonds. The molecule has 0 aliphatic carbocycles. The Labute approximate surface area is 206 Å². The number of nitrogens with one attached hydrogen (secondary N) is 2. The number of rotatable bonds is 8. The maximum absolute atomic E-state index is 12.7. The Balaban J connectivity index is 1.57. The second kappa shape index (κ2) is 12.0. The van der Waals surface area contributed by atoms with E-state index in [0.29, 0.717) is 29.4 Å². The van der Waals surface area contributed by atoms with Crippen molar-refractivity contribution in [3.8, 4) is 17.6 Å². The first-order valence-corrected chi connectivity index (χ1v) is 12.1. The number of ether oxygens (including phenoxy) is 1. The Kier molecular flexibility index (Phi) is 8.31. The molecule has 2 heterocycles. The van der Waals surface area contributed by atoms with Crippen LogP contribution in [0.1, 0.15) is 38.7 Å². The summed E-state index contributed by atoms with van der Waals surface area (Å²) in [5.41, 5.74) is 3.08. The highest BCUT2D eigenvalue weighted by molar-refractivity contribution is 6.03. The minimum atomic E-state index is -0.195. The lowest BCUT2D eigenvalue weighted by molar-refractivity contribution is -0.111. The van der Waals surface area contributed by atoms with Gasteiger partial charge in [0.25, 0.3) is 0 Å². The number of likely N-dealkylation sites (tertiary alicyclic amines) is 1. The molecule has 0 spiro atoms. The van der Waals surface area contributed by atoms with E-state index in [1.165, 1.54) is 25.6 Å². The van der Waals surface area contributed by atoms with Gasteiger partial charge >= 0.3 is 0 Å². The number of benzene rings is 2. The van der Waals surface area contributed by atoms with Crippen molar-refractivity contribution in [1.82, 2.24) is 14.9 Å². The highest BCUT2D eigenvalue weighted by Gasteiger charge is 2.13. The van der Waals surface area contributed by atoms with Crippen LogP contribution in [0.15, 0.2) is 54.9 Å². The summed E-state index contributed by atoms with van der Waals surface area (Å²) in [5, 5.41) is 7.10. The third-order valence-corrected chi connectivity index (χ3v) is 5.77. The molecule has 180 valence electrons. The first kappa shape index (κ1) is 24.2. The number of nitrogens with zero attached hydrogens (tertiary/aromatic N) is 3. The maximum Gasteiger partial charge on any atom is 0.248 e. The van der Waals surface area contributed by atoms with E-state index in [2.05, 4.69) is 37.3 Å². The predicted molar refractivity (Wildman–Crippen MR) is 141 cm³/mol. The molecule has 7 heteroatoms. The standard InChI is InChI=1S/C28H31N5O2/c1-3-10-21-11-8-12-22(17-21)31-28-23-18-25(26(35-4-2)19-24(23)29-20-30-28)32-27(34)13-9-16-33-14-6-5-7-15-33/h8-9,11-13,17-20H,4-7,14-16H2,1-2H3,(H,32,34)(H,29,30,31)/b13-9+. The molecule has 0 atom stereocenters. The van der Waals surface area contributed by atoms with Gasteiger partial charge in [-0.15, -0.1) is 5.92 Å². The quantitative estimate of drug-likeness (QED) is 0.352. The largest absolute Gasteiger partial charge is 0.492 e. The van der Waals surface area contributed by atoms with Gasteiger partial charge in [0.15, 0.2) is 0 Å². The molecule has 4 rings (SSSR count). The molecule has 1 fully saturated rings. The zero-order valence-corrected chi connectivity index (χ0v) is 20.3. The Hall–Kier alpha value is -3.89. The van der Waals surface area contributed by atoms with E-state index >= 15 is 0 Å². The average molecular weight is 470 g/mol. The summed E-state index contributed by atoms with van der Waals surface area (Å²) in [6.07, 6.45) is 8.77. The molecule has 0 saturated carbocycles. The molecule has 7 nitrogen and oxygen atoms in total. The molecule has 1 saturated heterocycles. The molecule has 0 bridgehead atoms. The monoisotopic (exact) mass is 469 g/mol. The van der Waals surface area contributed by atoms with E-state index < -0.39 is 0 Å². The van der Waals surface area contributed by atoms with Gasteiger partial charge in [-0.3, -0.25) is 9.69 Å². The van der Waals surface area contributed by atoms with Crippen molar-refractivity contribution in [3.63, 3.8) is 0 Å². The predicted octanol–water partition coefficient (Wildman–Crippen LogP) is 5.12. The molecule has 0 unspecified atom stereocenters. The first-order chi connectivity index (χ1) is 17.2. The fourth-order valence-corrected chi connectivity index (χ4v) is 4.14. The van der Waals surface area contributed by atoms with Gasteiger partial charge in [-0.1, -0.05) is 24.5 Å². The lowest BCUT2D eigenvalue weighted by atomic mass is 10.1. The minimum Gasteiger partial charge on any atom is -0.492 e. The summed E-state index contributed by atoms with van der Waals surface area (Å²) in [6.45, 7) is 7.16. The van der Waals surface area contributed by atoms with Gasteiger partial charge in [0.05, 0.1) is 17.8 Å². The number of carbonyl (C=O) groups excluding carboxylic acids is 1. The van der Waals surface area contributed by atoms with Crippen molar-refractivity contribution in [2.45, 2.75) is 33.1 Å². The molecule has 2 aromatic carbocycles. The summed E-state index contributed by atoms with van der Waals surface area (Å²) in [7, 11) is 0. The van der Waals surface area contributed by atoms with E-state index in [1.54, 1.807) is 6.08 Å². The van der Waals surface area contributed by atoms with Crippen LogP contribution in [0.25, 0.3) is 10.9 Å². The number of amides is 1. The average Bonchev–Trinajstić information content (AvgIpc) is 2.86. The fourth-order valence-electron chi connectivity index (χ4n) is 4.14. The molecule has 1 aliphatic heterocycles. The van der Waals surface area contributed by atoms with Crippen LogP contribution in [-0.4, -0.2) is 47.0 Å². The molecular formula is C28H31N5O2. The molecule has 2 N–H and O–H groups in total. The molecule has 35 heavy (non-hydrogen) atoms. The van der Waals surface area contributed by atoms with E-state index in [4.69, 9.17) is 4.74 Å². The first-order valence-electron chi connectivity index (χ1n) is 12.1. The SMILES string of the molecule is CC#Cc1cccc(Nc2ncnc3cc(OCC)c(NC(=O)/C=C/CN4CCCCC4)cc23)c1. The van der Waals surface area contributed by atoms with Gasteiger partial charge in [-0.25, -0.2) is 9.97 Å². The summed E-state index contributed by atoms with van der Waals surface area (Å²) in [6, 6.07) is 11.5. The van der Waals surface area contributed by atoms with E-state index in [1.807, 2.05) is 56.3 Å². The van der Waals surface area contributed by atoms with Crippen LogP contribution in [0, 0.1) is 11.8 Å². The number of fused-ring (bicyclic) bond motifs is 1. The van der Waals surface area contributed by atoms with Gasteiger partial charge in [-0.05, 0) is 64.0 Å². The lowest BCUT2D eigenvalue weighted by Crippen LogP contribution is -2.29. The van der Waals surface area contributed by atoms with E-state index in [9.17, 15) is 4.79 Å². The van der Waals surface area contributed by atoms with Crippen molar-refractivity contribution in [1.29, 1.82) is 0 Å². The summed E-state index contributed by atoms with van der Waals surface area (Å²) < 4.78 is 5.80. The van der Waals surface area contributed by atoms with Crippen molar-refractivity contribution in [3.05, 3.63) is 60.4 Å². The number of aromatic nitrogens is 2. The smallest absolute Gasteiger partial charge is 0.248 e. The molecule has 1 aliphatic rings. The normalized spacial score (nSPS) is 13.9. The lowest BCUT2D eigenvalue weighted by Gasteiger charge is -2.24. The van der Waals surface area contributed by atoms with Crippen molar-refractivity contribution in [2.24, 2.45) is 0 Å². The van der Waals surface area contributed by atoms with Crippen LogP contribution < -0.4 is 15.4 Å². The Morgan fingerprint density at radius 3 is 2.83 bits per heavy atom. The summed E-state index contributed by atoms with van der Waals surface area (Å²) in [5.74, 6) is 6.99. The van der Waals surface area contributed by atoms with Gasteiger partial charge in [0, 0.05) is 35.3 Å². The second-order valence-corrected chi connectivity index (χ2v) is 8.35. The summed E-state index contributed by atoms with van der Waals surface area (Å²) >= 11 is 0. The zero-order chi connectivity index (χ0) is 24.5. The van der Waals surface area contributed by atoms with Crippen LogP contribution >= 0.6 is 0 Å². The highest BCUT2D eigenvalue weighted by Crippen LogP contribution is 2.33. The second-order valence-electron chi connectivity index (χ2n) is 8.35. The van der Waals surface area contributed by atoms with Crippen LogP contribution in [0.5, 0.6) is 5.75 Å². The molecule has 1 aromatic heterocycles. The third-order valence-electron chi connectivity index (χ3n) is 5.77. The Morgan fingerprint density at radius 2 is 2.03 bits per heavy atom. The number of hydrogen-bond acceptors (Lipinski definition) is 6. The van der Waals surface area contributed by atoms with Crippen molar-refractivity contribution in [2.75, 3.05) is 36.9 Å². The highest BCUT2D eigenvalue weighted by atomic mass is 16.5. The molecular weight excluding hydrogens is 438 g/mol. The number of carbonyl (C=O) groups is 1. The van der Waals surface area contributed by atoms with Crippen LogP contribution in [-0.2, 0) is 4.79 Å². The van der Waals surface area contributed by atoms with E-state index in [-0.39, 0.29) is 5.91 Å². The van der Waals surface area contributed by atoms with Gasteiger partial charge < -0.3 is 15.4 Å². The number of piperidine rings is 1. The van der Waals surface area contributed by atoms with Gasteiger partial charge in [-0.2, -0.15) is 0 Å². The van der Waals surface area contributed by atoms with Crippen LogP contribution in [0.2, 0.25) is 0 Å². The number of anilines is 3. The molecule has 3 aromatic rings. The number of hydrogen-bond donors (Lipinski definition) is 2. The fraction of sp³-hybridized carbons (Fsp3) is 0.321. The molecule has 0 radical (unpaired) electrons. The topological polar surface area (TPSA) is 79.4 Å².